The SMILES string of the molecule is CCc1c(N)noc1-c1[nH]ncc1C. The molecule has 74 valence electrons. The molecule has 0 atom stereocenters. The van der Waals surface area contributed by atoms with Crippen molar-refractivity contribution in [1.29, 1.82) is 0 Å². The fourth-order valence-corrected chi connectivity index (χ4v) is 1.44. The normalized spacial score (nSPS) is 10.7. The summed E-state index contributed by atoms with van der Waals surface area (Å²) in [5.74, 6) is 1.15. The number of nitrogens with one attached hydrogen (secondary N) is 1. The van der Waals surface area contributed by atoms with Gasteiger partial charge in [-0.25, -0.2) is 0 Å². The standard InChI is InChI=1S/C9H12N4O/c1-3-6-8(14-13-9(6)10)7-5(2)4-11-12-7/h4H,3H2,1-2H3,(H2,10,13)(H,11,12). The number of H-pyrrole nitrogens is 1. The van der Waals surface area contributed by atoms with Crippen molar-refractivity contribution in [3.05, 3.63) is 17.3 Å². The molecule has 0 saturated heterocycles. The third-order valence-corrected chi connectivity index (χ3v) is 2.23. The summed E-state index contributed by atoms with van der Waals surface area (Å²) in [6, 6.07) is 0. The second-order valence-electron chi connectivity index (χ2n) is 3.16. The van der Waals surface area contributed by atoms with Crippen LogP contribution in [0.15, 0.2) is 10.7 Å². The molecule has 5 heteroatoms. The van der Waals surface area contributed by atoms with E-state index >= 15 is 0 Å². The van der Waals surface area contributed by atoms with Crippen LogP contribution in [0.5, 0.6) is 0 Å². The molecule has 0 saturated carbocycles. The van der Waals surface area contributed by atoms with E-state index in [1.165, 1.54) is 0 Å². The first-order chi connectivity index (χ1) is 6.74. The van der Waals surface area contributed by atoms with E-state index in [0.29, 0.717) is 11.6 Å². The lowest BCUT2D eigenvalue weighted by molar-refractivity contribution is 0.433. The number of aromatic nitrogens is 3. The van der Waals surface area contributed by atoms with Crippen LogP contribution in [0.3, 0.4) is 0 Å². The van der Waals surface area contributed by atoms with Gasteiger partial charge in [-0.05, 0) is 18.9 Å². The molecule has 2 aromatic heterocycles. The maximum Gasteiger partial charge on any atom is 0.190 e. The smallest absolute Gasteiger partial charge is 0.190 e. The summed E-state index contributed by atoms with van der Waals surface area (Å²) in [5, 5.41) is 10.5. The Balaban J connectivity index is 2.57. The molecule has 5 nitrogen and oxygen atoms in total. The molecular weight excluding hydrogens is 180 g/mol. The van der Waals surface area contributed by atoms with Crippen LogP contribution in [0.2, 0.25) is 0 Å². The van der Waals surface area contributed by atoms with Crippen molar-refractivity contribution in [3.8, 4) is 11.5 Å². The Morgan fingerprint density at radius 1 is 1.57 bits per heavy atom. The van der Waals surface area contributed by atoms with Gasteiger partial charge < -0.3 is 10.3 Å². The second-order valence-corrected chi connectivity index (χ2v) is 3.16. The summed E-state index contributed by atoms with van der Waals surface area (Å²) in [5.41, 5.74) is 8.47. The van der Waals surface area contributed by atoms with Gasteiger partial charge in [-0.15, -0.1) is 0 Å². The van der Waals surface area contributed by atoms with E-state index < -0.39 is 0 Å². The van der Waals surface area contributed by atoms with Crippen LogP contribution in [0.1, 0.15) is 18.1 Å². The van der Waals surface area contributed by atoms with Crippen LogP contribution in [-0.4, -0.2) is 15.4 Å². The zero-order valence-electron chi connectivity index (χ0n) is 8.16. The predicted octanol–water partition coefficient (Wildman–Crippen LogP) is 1.52. The second kappa shape index (κ2) is 3.17. The number of nitrogens with zero attached hydrogens (tertiary/aromatic N) is 2. The molecule has 0 bridgehead atoms. The fourth-order valence-electron chi connectivity index (χ4n) is 1.44. The van der Waals surface area contributed by atoms with E-state index in [2.05, 4.69) is 15.4 Å². The first kappa shape index (κ1) is 8.80. The molecule has 0 spiro atoms. The maximum absolute atomic E-state index is 5.67. The number of hydrogen-bond donors (Lipinski definition) is 2. The topological polar surface area (TPSA) is 80.7 Å². The number of nitrogens with two attached hydrogens (primary N) is 1. The summed E-state index contributed by atoms with van der Waals surface area (Å²) in [6.45, 7) is 3.97. The Kier molecular flexibility index (Phi) is 1.99. The van der Waals surface area contributed by atoms with Gasteiger partial charge in [0, 0.05) is 5.56 Å². The minimum absolute atomic E-state index is 0.455. The average molecular weight is 192 g/mol. The van der Waals surface area contributed by atoms with Crippen molar-refractivity contribution in [2.24, 2.45) is 0 Å². The number of rotatable bonds is 2. The van der Waals surface area contributed by atoms with Crippen LogP contribution in [0, 0.1) is 6.92 Å². The predicted molar refractivity (Wildman–Crippen MR) is 52.6 cm³/mol. The zero-order chi connectivity index (χ0) is 10.1. The molecule has 0 amide bonds. The van der Waals surface area contributed by atoms with Crippen molar-refractivity contribution in [2.45, 2.75) is 20.3 Å². The summed E-state index contributed by atoms with van der Waals surface area (Å²) in [7, 11) is 0. The molecule has 0 unspecified atom stereocenters. The minimum Gasteiger partial charge on any atom is -0.381 e. The molecule has 0 aromatic carbocycles. The molecule has 14 heavy (non-hydrogen) atoms. The molecule has 0 aliphatic carbocycles. The molecular formula is C9H12N4O. The van der Waals surface area contributed by atoms with Crippen molar-refractivity contribution < 1.29 is 4.52 Å². The molecule has 0 fully saturated rings. The van der Waals surface area contributed by atoms with E-state index in [1.54, 1.807) is 6.20 Å². The highest BCUT2D eigenvalue weighted by molar-refractivity contribution is 5.64. The number of nitrogen functional groups attached to an aromatic ring is 1. The quantitative estimate of drug-likeness (QED) is 0.755. The van der Waals surface area contributed by atoms with Crippen LogP contribution in [0.25, 0.3) is 11.5 Å². The maximum atomic E-state index is 5.67. The number of anilines is 1. The lowest BCUT2D eigenvalue weighted by atomic mass is 10.1. The molecule has 0 radical (unpaired) electrons. The fraction of sp³-hybridized carbons (Fsp3) is 0.333. The molecule has 0 aliphatic rings. The Morgan fingerprint density at radius 2 is 2.36 bits per heavy atom. The van der Waals surface area contributed by atoms with Crippen molar-refractivity contribution >= 4 is 5.82 Å². The Hall–Kier alpha value is -1.78. The first-order valence-corrected chi connectivity index (χ1v) is 4.48. The summed E-state index contributed by atoms with van der Waals surface area (Å²) < 4.78 is 5.17. The van der Waals surface area contributed by atoms with Crippen LogP contribution >= 0.6 is 0 Å². The van der Waals surface area contributed by atoms with Gasteiger partial charge in [-0.2, -0.15) is 5.10 Å². The van der Waals surface area contributed by atoms with Gasteiger partial charge in [-0.1, -0.05) is 12.1 Å². The summed E-state index contributed by atoms with van der Waals surface area (Å²) in [6.07, 6.45) is 2.54. The third kappa shape index (κ3) is 1.17. The summed E-state index contributed by atoms with van der Waals surface area (Å²) in [4.78, 5) is 0. The monoisotopic (exact) mass is 192 g/mol. The molecule has 3 N–H and O–H groups in total. The van der Waals surface area contributed by atoms with E-state index in [-0.39, 0.29) is 0 Å². The molecule has 2 aromatic rings. The van der Waals surface area contributed by atoms with Crippen LogP contribution < -0.4 is 5.73 Å². The number of aryl methyl sites for hydroxylation is 1. The first-order valence-electron chi connectivity index (χ1n) is 4.48. The van der Waals surface area contributed by atoms with Crippen molar-refractivity contribution in [1.82, 2.24) is 15.4 Å². The summed E-state index contributed by atoms with van der Waals surface area (Å²) >= 11 is 0. The van der Waals surface area contributed by atoms with Gasteiger partial charge in [0.25, 0.3) is 0 Å². The minimum atomic E-state index is 0.455. The Labute approximate surface area is 81.3 Å². The lowest BCUT2D eigenvalue weighted by Gasteiger charge is -1.96. The average Bonchev–Trinajstić information content (AvgIpc) is 2.71. The van der Waals surface area contributed by atoms with E-state index in [1.807, 2.05) is 13.8 Å². The van der Waals surface area contributed by atoms with Gasteiger partial charge in [0.15, 0.2) is 11.6 Å². The highest BCUT2D eigenvalue weighted by atomic mass is 16.5. The highest BCUT2D eigenvalue weighted by Crippen LogP contribution is 2.28. The number of aromatic amines is 1. The van der Waals surface area contributed by atoms with Crippen LogP contribution in [-0.2, 0) is 6.42 Å². The third-order valence-electron chi connectivity index (χ3n) is 2.23. The Bertz CT molecular complexity index is 443. The van der Waals surface area contributed by atoms with Gasteiger partial charge in [0.2, 0.25) is 0 Å². The van der Waals surface area contributed by atoms with E-state index in [4.69, 9.17) is 10.3 Å². The molecule has 2 heterocycles. The van der Waals surface area contributed by atoms with Gasteiger partial charge in [0.1, 0.15) is 5.69 Å². The largest absolute Gasteiger partial charge is 0.381 e. The van der Waals surface area contributed by atoms with Gasteiger partial charge in [0.05, 0.1) is 6.20 Å². The van der Waals surface area contributed by atoms with Gasteiger partial charge >= 0.3 is 0 Å². The van der Waals surface area contributed by atoms with Crippen molar-refractivity contribution in [2.75, 3.05) is 5.73 Å². The van der Waals surface area contributed by atoms with Crippen molar-refractivity contribution in [3.63, 3.8) is 0 Å². The van der Waals surface area contributed by atoms with Gasteiger partial charge in [-0.3, -0.25) is 5.10 Å². The van der Waals surface area contributed by atoms with Crippen LogP contribution in [0.4, 0.5) is 5.82 Å². The van der Waals surface area contributed by atoms with E-state index in [0.717, 1.165) is 23.2 Å². The number of hydrogen-bond acceptors (Lipinski definition) is 4. The highest BCUT2D eigenvalue weighted by Gasteiger charge is 2.16. The molecule has 0 aliphatic heterocycles. The Morgan fingerprint density at radius 3 is 2.93 bits per heavy atom. The molecule has 2 rings (SSSR count). The van der Waals surface area contributed by atoms with E-state index in [9.17, 15) is 0 Å². The zero-order valence-corrected chi connectivity index (χ0v) is 8.16. The lowest BCUT2D eigenvalue weighted by Crippen LogP contribution is -1.91.